The summed E-state index contributed by atoms with van der Waals surface area (Å²) < 4.78 is 0. The van der Waals surface area contributed by atoms with Crippen molar-refractivity contribution < 1.29 is 9.90 Å². The molecular formula is C12H16O2S. The Kier molecular flexibility index (Phi) is 5.43. The highest BCUT2D eigenvalue weighted by Gasteiger charge is 2.04. The van der Waals surface area contributed by atoms with Gasteiger partial charge in [-0.3, -0.25) is 4.79 Å². The van der Waals surface area contributed by atoms with Crippen LogP contribution in [0.3, 0.4) is 0 Å². The van der Waals surface area contributed by atoms with Crippen LogP contribution in [-0.4, -0.2) is 23.2 Å². The van der Waals surface area contributed by atoms with Crippen molar-refractivity contribution in [3.63, 3.8) is 0 Å². The number of Topliss-reactive ketones (excluding diaryl/α,β-unsaturated/α-hetero) is 1. The summed E-state index contributed by atoms with van der Waals surface area (Å²) in [6.07, 6.45) is 0.973. The Labute approximate surface area is 94.7 Å². The third kappa shape index (κ3) is 4.06. The van der Waals surface area contributed by atoms with Crippen molar-refractivity contribution in [2.45, 2.75) is 24.7 Å². The predicted molar refractivity (Wildman–Crippen MR) is 63.5 cm³/mol. The highest BCUT2D eigenvalue weighted by molar-refractivity contribution is 7.99. The number of benzene rings is 1. The van der Waals surface area contributed by atoms with Gasteiger partial charge in [-0.1, -0.05) is 19.1 Å². The average Bonchev–Trinajstić information content (AvgIpc) is 2.27. The monoisotopic (exact) mass is 224 g/mol. The highest BCUT2D eigenvalue weighted by Crippen LogP contribution is 2.18. The van der Waals surface area contributed by atoms with Crippen molar-refractivity contribution in [2.75, 3.05) is 12.4 Å². The Morgan fingerprint density at radius 3 is 2.53 bits per heavy atom. The van der Waals surface area contributed by atoms with Crippen LogP contribution in [-0.2, 0) is 0 Å². The second kappa shape index (κ2) is 6.64. The molecule has 82 valence electrons. The zero-order chi connectivity index (χ0) is 11.1. The van der Waals surface area contributed by atoms with Crippen LogP contribution >= 0.6 is 11.8 Å². The lowest BCUT2D eigenvalue weighted by molar-refractivity contribution is 0.0971. The molecule has 0 fully saturated rings. The smallest absolute Gasteiger partial charge is 0.162 e. The molecule has 0 aliphatic rings. The summed E-state index contributed by atoms with van der Waals surface area (Å²) in [5, 5.41) is 8.62. The fraction of sp³-hybridized carbons (Fsp3) is 0.417. The first kappa shape index (κ1) is 12.3. The van der Waals surface area contributed by atoms with E-state index in [-0.39, 0.29) is 12.4 Å². The Balaban J connectivity index is 2.58. The Bertz CT molecular complexity index is 306. The molecule has 2 nitrogen and oxygen atoms in total. The summed E-state index contributed by atoms with van der Waals surface area (Å²) in [6, 6.07) is 7.66. The summed E-state index contributed by atoms with van der Waals surface area (Å²) in [5.74, 6) is 1.15. The van der Waals surface area contributed by atoms with E-state index in [2.05, 4.69) is 6.92 Å². The fourth-order valence-electron chi connectivity index (χ4n) is 1.29. The standard InChI is InChI=1S/C12H16O2S/c1-2-15-11-7-5-10(6-8-11)12(14)4-3-9-13/h5-8,13H,2-4,9H2,1H3. The van der Waals surface area contributed by atoms with Crippen LogP contribution in [0, 0.1) is 0 Å². The van der Waals surface area contributed by atoms with Gasteiger partial charge in [0.05, 0.1) is 0 Å². The second-order valence-electron chi connectivity index (χ2n) is 3.21. The molecule has 0 aliphatic carbocycles. The number of aliphatic hydroxyl groups is 1. The van der Waals surface area contributed by atoms with Crippen LogP contribution in [0.5, 0.6) is 0 Å². The maximum Gasteiger partial charge on any atom is 0.162 e. The lowest BCUT2D eigenvalue weighted by atomic mass is 10.1. The van der Waals surface area contributed by atoms with Crippen molar-refractivity contribution in [1.29, 1.82) is 0 Å². The molecule has 0 heterocycles. The van der Waals surface area contributed by atoms with E-state index in [1.165, 1.54) is 4.90 Å². The van der Waals surface area contributed by atoms with Crippen molar-refractivity contribution in [3.8, 4) is 0 Å². The number of hydrogen-bond acceptors (Lipinski definition) is 3. The van der Waals surface area contributed by atoms with Crippen LogP contribution < -0.4 is 0 Å². The summed E-state index contributed by atoms with van der Waals surface area (Å²) in [5.41, 5.74) is 0.740. The summed E-state index contributed by atoms with van der Waals surface area (Å²) in [6.45, 7) is 2.18. The van der Waals surface area contributed by atoms with E-state index in [0.717, 1.165) is 11.3 Å². The molecule has 1 aromatic rings. The molecule has 0 unspecified atom stereocenters. The van der Waals surface area contributed by atoms with Crippen molar-refractivity contribution in [1.82, 2.24) is 0 Å². The van der Waals surface area contributed by atoms with E-state index in [1.54, 1.807) is 11.8 Å². The minimum Gasteiger partial charge on any atom is -0.396 e. The molecule has 0 amide bonds. The summed E-state index contributed by atoms with van der Waals surface area (Å²) in [4.78, 5) is 12.7. The molecular weight excluding hydrogens is 208 g/mol. The largest absolute Gasteiger partial charge is 0.396 e. The molecule has 1 aromatic carbocycles. The number of aliphatic hydroxyl groups excluding tert-OH is 1. The maximum atomic E-state index is 11.6. The minimum absolute atomic E-state index is 0.0789. The fourth-order valence-corrected chi connectivity index (χ4v) is 1.95. The number of carbonyl (C=O) groups excluding carboxylic acids is 1. The highest BCUT2D eigenvalue weighted by atomic mass is 32.2. The predicted octanol–water partition coefficient (Wildman–Crippen LogP) is 2.75. The third-order valence-electron chi connectivity index (χ3n) is 2.05. The minimum atomic E-state index is 0.0789. The first-order valence-electron chi connectivity index (χ1n) is 5.15. The number of thioether (sulfide) groups is 1. The van der Waals surface area contributed by atoms with Gasteiger partial charge < -0.3 is 5.11 Å². The van der Waals surface area contributed by atoms with Crippen LogP contribution in [0.4, 0.5) is 0 Å². The van der Waals surface area contributed by atoms with Gasteiger partial charge in [-0.15, -0.1) is 11.8 Å². The van der Waals surface area contributed by atoms with Crippen molar-refractivity contribution >= 4 is 17.5 Å². The molecule has 1 rings (SSSR count). The van der Waals surface area contributed by atoms with Gasteiger partial charge in [0.25, 0.3) is 0 Å². The lowest BCUT2D eigenvalue weighted by Crippen LogP contribution is -1.99. The molecule has 0 spiro atoms. The molecule has 0 radical (unpaired) electrons. The average molecular weight is 224 g/mol. The van der Waals surface area contributed by atoms with Crippen molar-refractivity contribution in [3.05, 3.63) is 29.8 Å². The van der Waals surface area contributed by atoms with Gasteiger partial charge in [-0.25, -0.2) is 0 Å². The van der Waals surface area contributed by atoms with Crippen LogP contribution in [0.15, 0.2) is 29.2 Å². The van der Waals surface area contributed by atoms with Gasteiger partial charge in [0.15, 0.2) is 5.78 Å². The molecule has 15 heavy (non-hydrogen) atoms. The van der Waals surface area contributed by atoms with E-state index in [1.807, 2.05) is 24.3 Å². The summed E-state index contributed by atoms with van der Waals surface area (Å²) >= 11 is 1.76. The molecule has 0 aliphatic heterocycles. The quantitative estimate of drug-likeness (QED) is 0.596. The van der Waals surface area contributed by atoms with Gasteiger partial charge >= 0.3 is 0 Å². The van der Waals surface area contributed by atoms with Gasteiger partial charge in [-0.2, -0.15) is 0 Å². The molecule has 0 bridgehead atoms. The van der Waals surface area contributed by atoms with E-state index in [4.69, 9.17) is 5.11 Å². The maximum absolute atomic E-state index is 11.6. The first-order valence-corrected chi connectivity index (χ1v) is 6.13. The van der Waals surface area contributed by atoms with Crippen LogP contribution in [0.25, 0.3) is 0 Å². The van der Waals surface area contributed by atoms with Crippen LogP contribution in [0.2, 0.25) is 0 Å². The van der Waals surface area contributed by atoms with E-state index in [0.29, 0.717) is 12.8 Å². The van der Waals surface area contributed by atoms with Gasteiger partial charge in [0, 0.05) is 23.5 Å². The molecule has 3 heteroatoms. The molecule has 0 aromatic heterocycles. The SMILES string of the molecule is CCSc1ccc(C(=O)CCCO)cc1. The van der Waals surface area contributed by atoms with Gasteiger partial charge in [-0.05, 0) is 24.3 Å². The zero-order valence-corrected chi connectivity index (χ0v) is 9.72. The topological polar surface area (TPSA) is 37.3 Å². The normalized spacial score (nSPS) is 10.3. The summed E-state index contributed by atoms with van der Waals surface area (Å²) in [7, 11) is 0. The van der Waals surface area contributed by atoms with Gasteiger partial charge in [0.1, 0.15) is 0 Å². The third-order valence-corrected chi connectivity index (χ3v) is 2.94. The number of rotatable bonds is 6. The Morgan fingerprint density at radius 2 is 2.00 bits per heavy atom. The molecule has 0 saturated heterocycles. The van der Waals surface area contributed by atoms with E-state index in [9.17, 15) is 4.79 Å². The Hall–Kier alpha value is -0.800. The lowest BCUT2D eigenvalue weighted by Gasteiger charge is -2.01. The zero-order valence-electron chi connectivity index (χ0n) is 8.90. The molecule has 0 atom stereocenters. The van der Waals surface area contributed by atoms with E-state index >= 15 is 0 Å². The van der Waals surface area contributed by atoms with Crippen molar-refractivity contribution in [2.24, 2.45) is 0 Å². The molecule has 0 saturated carbocycles. The Morgan fingerprint density at radius 1 is 1.33 bits per heavy atom. The van der Waals surface area contributed by atoms with E-state index < -0.39 is 0 Å². The number of ketones is 1. The van der Waals surface area contributed by atoms with Gasteiger partial charge in [0.2, 0.25) is 0 Å². The van der Waals surface area contributed by atoms with Crippen LogP contribution in [0.1, 0.15) is 30.1 Å². The number of carbonyl (C=O) groups is 1. The second-order valence-corrected chi connectivity index (χ2v) is 4.55. The first-order chi connectivity index (χ1) is 7.27. The number of hydrogen-bond donors (Lipinski definition) is 1. The molecule has 1 N–H and O–H groups in total.